The first-order valence-corrected chi connectivity index (χ1v) is 13.0. The van der Waals surface area contributed by atoms with Gasteiger partial charge in [0.1, 0.15) is 0 Å². The molecule has 2 fully saturated rings. The number of carbonyl (C=O) groups excluding carboxylic acids is 2. The number of piperidine rings is 1. The van der Waals surface area contributed by atoms with Crippen molar-refractivity contribution in [3.8, 4) is 0 Å². The Labute approximate surface area is 216 Å². The summed E-state index contributed by atoms with van der Waals surface area (Å²) in [5.74, 6) is 0.0632. The molecule has 3 aromatic rings. The van der Waals surface area contributed by atoms with Crippen molar-refractivity contribution in [2.45, 2.75) is 37.8 Å². The second kappa shape index (κ2) is 10.6. The van der Waals surface area contributed by atoms with Gasteiger partial charge in [-0.3, -0.25) is 14.5 Å². The Morgan fingerprint density at radius 3 is 2.51 bits per heavy atom. The van der Waals surface area contributed by atoms with Gasteiger partial charge in [0.2, 0.25) is 5.91 Å². The number of benzene rings is 3. The number of fused-ring (bicyclic) bond motifs is 1. The molecule has 5 nitrogen and oxygen atoms in total. The number of rotatable bonds is 5. The summed E-state index contributed by atoms with van der Waals surface area (Å²) in [6.07, 6.45) is 3.76. The second-order valence-corrected chi connectivity index (χ2v) is 10.3. The lowest BCUT2D eigenvalue weighted by atomic mass is 10.0. The maximum absolute atomic E-state index is 13.3. The molecule has 35 heavy (non-hydrogen) atoms. The first kappa shape index (κ1) is 24.1. The van der Waals surface area contributed by atoms with Gasteiger partial charge in [0.25, 0.3) is 5.91 Å². The molecule has 0 aromatic heterocycles. The highest BCUT2D eigenvalue weighted by atomic mass is 35.5. The molecule has 0 radical (unpaired) electrons. The first-order valence-electron chi connectivity index (χ1n) is 12.2. The van der Waals surface area contributed by atoms with Crippen LogP contribution in [0.3, 0.4) is 0 Å². The number of nitrogens with one attached hydrogen (secondary N) is 1. The fourth-order valence-corrected chi connectivity index (χ4v) is 5.64. The molecule has 5 rings (SSSR count). The molecule has 7 heteroatoms. The monoisotopic (exact) mass is 509 g/mol. The lowest BCUT2D eigenvalue weighted by molar-refractivity contribution is -0.133. The predicted molar refractivity (Wildman–Crippen MR) is 141 cm³/mol. The largest absolute Gasteiger partial charge is 0.348 e. The van der Waals surface area contributed by atoms with Crippen LogP contribution in [0, 0.1) is 0 Å². The van der Waals surface area contributed by atoms with Crippen LogP contribution in [0.2, 0.25) is 10.0 Å². The highest BCUT2D eigenvalue weighted by Crippen LogP contribution is 2.35. The van der Waals surface area contributed by atoms with Gasteiger partial charge in [0.15, 0.2) is 0 Å². The molecule has 182 valence electrons. The second-order valence-electron chi connectivity index (χ2n) is 9.53. The lowest BCUT2D eigenvalue weighted by Gasteiger charge is -2.34. The minimum Gasteiger partial charge on any atom is -0.348 e. The topological polar surface area (TPSA) is 52.7 Å². The Balaban J connectivity index is 1.19. The molecule has 2 heterocycles. The molecule has 3 aromatic carbocycles. The van der Waals surface area contributed by atoms with Crippen LogP contribution in [0.4, 0.5) is 0 Å². The van der Waals surface area contributed by atoms with Gasteiger partial charge in [-0.2, -0.15) is 0 Å². The number of carbonyl (C=O) groups is 2. The summed E-state index contributed by atoms with van der Waals surface area (Å²) >= 11 is 12.3. The Bertz CT molecular complexity index is 1250. The molecule has 0 aliphatic carbocycles. The van der Waals surface area contributed by atoms with Gasteiger partial charge < -0.3 is 10.2 Å². The molecule has 2 unspecified atom stereocenters. The zero-order chi connectivity index (χ0) is 24.4. The van der Waals surface area contributed by atoms with E-state index in [1.54, 1.807) is 6.07 Å². The fourth-order valence-electron chi connectivity index (χ4n) is 5.33. The van der Waals surface area contributed by atoms with Crippen LogP contribution in [-0.4, -0.2) is 53.8 Å². The Morgan fingerprint density at radius 1 is 0.886 bits per heavy atom. The number of hydrogen-bond acceptors (Lipinski definition) is 3. The SMILES string of the molecule is O=C(NC1CCCN(CC(=O)N2CCCC2c2ccc(Cl)c(Cl)c2)C1)c1ccc2ccccc2c1. The molecule has 0 spiro atoms. The number of nitrogens with zero attached hydrogens (tertiary/aromatic N) is 2. The van der Waals surface area contributed by atoms with E-state index in [4.69, 9.17) is 23.2 Å². The van der Waals surface area contributed by atoms with Crippen LogP contribution in [0.25, 0.3) is 10.8 Å². The third-order valence-corrected chi connectivity index (χ3v) is 7.85. The highest BCUT2D eigenvalue weighted by Gasteiger charge is 2.32. The zero-order valence-electron chi connectivity index (χ0n) is 19.6. The lowest BCUT2D eigenvalue weighted by Crippen LogP contribution is -2.50. The molecule has 2 aliphatic heterocycles. The summed E-state index contributed by atoms with van der Waals surface area (Å²) in [6, 6.07) is 19.5. The van der Waals surface area contributed by atoms with Crippen molar-refractivity contribution in [1.82, 2.24) is 15.1 Å². The average Bonchev–Trinajstić information content (AvgIpc) is 3.36. The molecule has 2 amide bonds. The van der Waals surface area contributed by atoms with Crippen LogP contribution < -0.4 is 5.32 Å². The van der Waals surface area contributed by atoms with E-state index in [1.807, 2.05) is 59.5 Å². The predicted octanol–water partition coefficient (Wildman–Crippen LogP) is 5.70. The van der Waals surface area contributed by atoms with Gasteiger partial charge in [-0.05, 0) is 72.8 Å². The summed E-state index contributed by atoms with van der Waals surface area (Å²) < 4.78 is 0. The first-order chi connectivity index (χ1) is 17.0. The Morgan fingerprint density at radius 2 is 1.69 bits per heavy atom. The minimum absolute atomic E-state index is 0.0277. The minimum atomic E-state index is -0.0619. The third-order valence-electron chi connectivity index (χ3n) is 7.11. The van der Waals surface area contributed by atoms with E-state index in [0.717, 1.165) is 55.1 Å². The summed E-state index contributed by atoms with van der Waals surface area (Å²) in [5, 5.41) is 6.40. The van der Waals surface area contributed by atoms with E-state index < -0.39 is 0 Å². The van der Waals surface area contributed by atoms with Crippen LogP contribution in [0.5, 0.6) is 0 Å². The fraction of sp³-hybridized carbons (Fsp3) is 0.357. The zero-order valence-corrected chi connectivity index (χ0v) is 21.1. The number of likely N-dealkylation sites (tertiary alicyclic amines) is 2. The van der Waals surface area contributed by atoms with Gasteiger partial charge in [-0.25, -0.2) is 0 Å². The van der Waals surface area contributed by atoms with E-state index in [0.29, 0.717) is 28.7 Å². The van der Waals surface area contributed by atoms with Crippen LogP contribution >= 0.6 is 23.2 Å². The quantitative estimate of drug-likeness (QED) is 0.479. The number of hydrogen-bond donors (Lipinski definition) is 1. The maximum Gasteiger partial charge on any atom is 0.251 e. The van der Waals surface area contributed by atoms with Crippen LogP contribution in [0.1, 0.15) is 47.6 Å². The maximum atomic E-state index is 13.3. The molecule has 1 N–H and O–H groups in total. The van der Waals surface area contributed by atoms with Gasteiger partial charge in [-0.1, -0.05) is 59.6 Å². The van der Waals surface area contributed by atoms with Crippen molar-refractivity contribution in [3.63, 3.8) is 0 Å². The van der Waals surface area contributed by atoms with Crippen molar-refractivity contribution in [2.24, 2.45) is 0 Å². The Kier molecular flexibility index (Phi) is 7.28. The van der Waals surface area contributed by atoms with Gasteiger partial charge in [0, 0.05) is 24.7 Å². The summed E-state index contributed by atoms with van der Waals surface area (Å²) in [5.41, 5.74) is 1.70. The van der Waals surface area contributed by atoms with E-state index in [2.05, 4.69) is 10.2 Å². The van der Waals surface area contributed by atoms with Gasteiger partial charge >= 0.3 is 0 Å². The molecule has 2 saturated heterocycles. The summed E-state index contributed by atoms with van der Waals surface area (Å²) in [4.78, 5) is 30.3. The molecule has 0 saturated carbocycles. The van der Waals surface area contributed by atoms with Crippen LogP contribution in [0.15, 0.2) is 60.7 Å². The van der Waals surface area contributed by atoms with E-state index in [1.165, 1.54) is 0 Å². The smallest absolute Gasteiger partial charge is 0.251 e. The van der Waals surface area contributed by atoms with Crippen molar-refractivity contribution >= 4 is 45.8 Å². The normalized spacial score (nSPS) is 20.8. The van der Waals surface area contributed by atoms with Crippen molar-refractivity contribution in [2.75, 3.05) is 26.2 Å². The van der Waals surface area contributed by atoms with E-state index in [9.17, 15) is 9.59 Å². The number of halogens is 2. The van der Waals surface area contributed by atoms with Gasteiger partial charge in [-0.15, -0.1) is 0 Å². The average molecular weight is 510 g/mol. The van der Waals surface area contributed by atoms with E-state index >= 15 is 0 Å². The third kappa shape index (κ3) is 5.48. The van der Waals surface area contributed by atoms with Crippen molar-refractivity contribution in [1.29, 1.82) is 0 Å². The molecule has 2 atom stereocenters. The molecule has 0 bridgehead atoms. The van der Waals surface area contributed by atoms with Crippen molar-refractivity contribution in [3.05, 3.63) is 81.8 Å². The summed E-state index contributed by atoms with van der Waals surface area (Å²) in [6.45, 7) is 2.65. The highest BCUT2D eigenvalue weighted by molar-refractivity contribution is 6.42. The van der Waals surface area contributed by atoms with E-state index in [-0.39, 0.29) is 23.9 Å². The molecular formula is C28H29Cl2N3O2. The molecular weight excluding hydrogens is 481 g/mol. The standard InChI is InChI=1S/C28H29Cl2N3O2/c29-24-12-11-21(16-25(24)30)26-8-4-14-33(26)27(34)18-32-13-3-7-23(17-32)31-28(35)22-10-9-19-5-1-2-6-20(19)15-22/h1-2,5-6,9-12,15-16,23,26H,3-4,7-8,13-14,17-18H2,(H,31,35). The Hall–Kier alpha value is -2.60. The van der Waals surface area contributed by atoms with Crippen molar-refractivity contribution < 1.29 is 9.59 Å². The molecule has 2 aliphatic rings. The number of amides is 2. The van der Waals surface area contributed by atoms with Gasteiger partial charge in [0.05, 0.1) is 22.6 Å². The van der Waals surface area contributed by atoms with Crippen LogP contribution in [-0.2, 0) is 4.79 Å². The summed E-state index contributed by atoms with van der Waals surface area (Å²) in [7, 11) is 0.